The number of nitrogens with zero attached hydrogens (tertiary/aromatic N) is 2. The van der Waals surface area contributed by atoms with Crippen molar-refractivity contribution in [3.8, 4) is 11.6 Å². The Hall–Kier alpha value is -3.95. The molecule has 1 aromatic heterocycles. The van der Waals surface area contributed by atoms with E-state index in [1.165, 1.54) is 18.5 Å². The summed E-state index contributed by atoms with van der Waals surface area (Å²) in [5, 5.41) is 4.99. The number of ether oxygens (including phenoxy) is 1. The van der Waals surface area contributed by atoms with Gasteiger partial charge in [0, 0.05) is 41.5 Å². The van der Waals surface area contributed by atoms with E-state index < -0.39 is 17.8 Å². The van der Waals surface area contributed by atoms with Gasteiger partial charge in [0.05, 0.1) is 5.56 Å². The second-order valence-corrected chi connectivity index (χ2v) is 8.38. The Morgan fingerprint density at radius 3 is 2.54 bits per heavy atom. The van der Waals surface area contributed by atoms with E-state index in [0.717, 1.165) is 30.5 Å². The zero-order chi connectivity index (χ0) is 25.0. The normalized spacial score (nSPS) is 13.3. The third-order valence-electron chi connectivity index (χ3n) is 5.34. The second-order valence-electron chi connectivity index (χ2n) is 8.38. The molecule has 1 heterocycles. The lowest BCUT2D eigenvalue weighted by atomic mass is 10.1. The van der Waals surface area contributed by atoms with Crippen LogP contribution in [-0.4, -0.2) is 21.8 Å². The number of carbonyl (C=O) groups is 2. The van der Waals surface area contributed by atoms with E-state index in [0.29, 0.717) is 35.9 Å². The number of rotatable bonds is 8. The minimum absolute atomic E-state index is 0.00938. The summed E-state index contributed by atoms with van der Waals surface area (Å²) in [6.07, 6.45) is -0.267. The third-order valence-corrected chi connectivity index (χ3v) is 5.34. The molecule has 35 heavy (non-hydrogen) atoms. The summed E-state index contributed by atoms with van der Waals surface area (Å²) in [6, 6.07) is 10.3. The van der Waals surface area contributed by atoms with E-state index >= 15 is 0 Å². The molecule has 1 aliphatic rings. The number of urea groups is 1. The molecule has 4 rings (SSSR count). The van der Waals surface area contributed by atoms with Crippen LogP contribution in [0.4, 0.5) is 29.3 Å². The number of carbonyl (C=O) groups excluding carboxylic acids is 2. The van der Waals surface area contributed by atoms with Crippen molar-refractivity contribution in [1.29, 1.82) is 0 Å². The van der Waals surface area contributed by atoms with Gasteiger partial charge < -0.3 is 15.4 Å². The van der Waals surface area contributed by atoms with Crippen molar-refractivity contribution in [2.45, 2.75) is 38.8 Å². The Morgan fingerprint density at radius 2 is 1.80 bits per heavy atom. The number of hydrogen-bond acceptors (Lipinski definition) is 5. The number of amides is 2. The first kappa shape index (κ1) is 24.2. The fraction of sp³-hybridized carbons (Fsp3) is 0.280. The largest absolute Gasteiger partial charge is 0.439 e. The van der Waals surface area contributed by atoms with Crippen LogP contribution in [-0.2, 0) is 17.4 Å². The standard InChI is InChI=1S/C25H23F3N4O3/c1-15-9-20(32-24(34)31-19-4-2-3-17(11-19)25(26,27)28)12-21(10-15)35-23-13-18(29-14-30-23)7-8-22(33)16-5-6-16/h2-4,9-14,16H,5-8H2,1H3,(H2,31,32,34). The lowest BCUT2D eigenvalue weighted by Gasteiger charge is -2.12. The first-order chi connectivity index (χ1) is 16.7. The summed E-state index contributed by atoms with van der Waals surface area (Å²) in [5.74, 6) is 1.15. The van der Waals surface area contributed by atoms with Gasteiger partial charge in [0.15, 0.2) is 0 Å². The van der Waals surface area contributed by atoms with Crippen LogP contribution < -0.4 is 15.4 Å². The SMILES string of the molecule is Cc1cc(NC(=O)Nc2cccc(C(F)(F)F)c2)cc(Oc2cc(CCC(=O)C3CC3)ncn2)c1. The molecule has 1 fully saturated rings. The van der Waals surface area contributed by atoms with Crippen LogP contribution >= 0.6 is 0 Å². The highest BCUT2D eigenvalue weighted by Gasteiger charge is 2.30. The molecule has 2 N–H and O–H groups in total. The van der Waals surface area contributed by atoms with Crippen molar-refractivity contribution in [2.75, 3.05) is 10.6 Å². The van der Waals surface area contributed by atoms with Gasteiger partial charge in [-0.3, -0.25) is 4.79 Å². The van der Waals surface area contributed by atoms with Gasteiger partial charge in [0.1, 0.15) is 17.9 Å². The highest BCUT2D eigenvalue weighted by molar-refractivity contribution is 6.00. The van der Waals surface area contributed by atoms with Gasteiger partial charge in [-0.25, -0.2) is 14.8 Å². The predicted molar refractivity (Wildman–Crippen MR) is 123 cm³/mol. The third kappa shape index (κ3) is 7.02. The molecule has 10 heteroatoms. The van der Waals surface area contributed by atoms with Crippen molar-refractivity contribution in [2.24, 2.45) is 5.92 Å². The molecule has 0 radical (unpaired) electrons. The lowest BCUT2D eigenvalue weighted by Crippen LogP contribution is -2.20. The molecule has 0 bridgehead atoms. The van der Waals surface area contributed by atoms with E-state index in [9.17, 15) is 22.8 Å². The summed E-state index contributed by atoms with van der Waals surface area (Å²) < 4.78 is 44.5. The number of benzene rings is 2. The summed E-state index contributed by atoms with van der Waals surface area (Å²) in [4.78, 5) is 32.6. The second kappa shape index (κ2) is 10.1. The van der Waals surface area contributed by atoms with Crippen LogP contribution in [0.3, 0.4) is 0 Å². The molecular formula is C25H23F3N4O3. The van der Waals surface area contributed by atoms with Gasteiger partial charge in [0.2, 0.25) is 5.88 Å². The Labute approximate surface area is 199 Å². The number of ketones is 1. The molecule has 3 aromatic rings. The van der Waals surface area contributed by atoms with Crippen LogP contribution in [0.15, 0.2) is 54.9 Å². The zero-order valence-electron chi connectivity index (χ0n) is 18.9. The Bertz CT molecular complexity index is 1240. The summed E-state index contributed by atoms with van der Waals surface area (Å²) in [7, 11) is 0. The average molecular weight is 484 g/mol. The molecule has 1 aliphatic carbocycles. The van der Waals surface area contributed by atoms with E-state index in [4.69, 9.17) is 4.74 Å². The fourth-order valence-electron chi connectivity index (χ4n) is 3.50. The molecule has 2 amide bonds. The van der Waals surface area contributed by atoms with Crippen molar-refractivity contribution >= 4 is 23.2 Å². The summed E-state index contributed by atoms with van der Waals surface area (Å²) in [5.41, 5.74) is 1.00. The molecule has 0 aliphatic heterocycles. The van der Waals surface area contributed by atoms with Gasteiger partial charge in [-0.05, 0) is 62.1 Å². The van der Waals surface area contributed by atoms with Crippen LogP contribution in [0.5, 0.6) is 11.6 Å². The Morgan fingerprint density at radius 1 is 1.03 bits per heavy atom. The van der Waals surface area contributed by atoms with Crippen molar-refractivity contribution < 1.29 is 27.5 Å². The van der Waals surface area contributed by atoms with Gasteiger partial charge >= 0.3 is 12.2 Å². The number of aryl methyl sites for hydroxylation is 2. The predicted octanol–water partition coefficient (Wildman–Crippen LogP) is 6.15. The number of aromatic nitrogens is 2. The molecule has 182 valence electrons. The van der Waals surface area contributed by atoms with E-state index in [-0.39, 0.29) is 17.4 Å². The molecular weight excluding hydrogens is 461 g/mol. The monoisotopic (exact) mass is 484 g/mol. The maximum Gasteiger partial charge on any atom is 0.416 e. The maximum absolute atomic E-state index is 12.9. The first-order valence-electron chi connectivity index (χ1n) is 11.0. The molecule has 0 saturated heterocycles. The Balaban J connectivity index is 1.39. The van der Waals surface area contributed by atoms with Gasteiger partial charge in [0.25, 0.3) is 0 Å². The Kier molecular flexibility index (Phi) is 6.99. The zero-order valence-corrected chi connectivity index (χ0v) is 18.9. The summed E-state index contributed by atoms with van der Waals surface area (Å²) >= 11 is 0. The number of nitrogens with one attached hydrogen (secondary N) is 2. The fourth-order valence-corrected chi connectivity index (χ4v) is 3.50. The van der Waals surface area contributed by atoms with Gasteiger partial charge in [-0.1, -0.05) is 6.07 Å². The number of Topliss-reactive ketones (excluding diaryl/α,β-unsaturated/α-hetero) is 1. The quantitative estimate of drug-likeness (QED) is 0.400. The topological polar surface area (TPSA) is 93.2 Å². The molecule has 1 saturated carbocycles. The minimum Gasteiger partial charge on any atom is -0.439 e. The van der Waals surface area contributed by atoms with Crippen molar-refractivity contribution in [3.63, 3.8) is 0 Å². The van der Waals surface area contributed by atoms with E-state index in [1.54, 1.807) is 31.2 Å². The number of anilines is 2. The first-order valence-corrected chi connectivity index (χ1v) is 11.0. The number of alkyl halides is 3. The lowest BCUT2D eigenvalue weighted by molar-refractivity contribution is -0.137. The van der Waals surface area contributed by atoms with E-state index in [1.807, 2.05) is 0 Å². The minimum atomic E-state index is -4.51. The highest BCUT2D eigenvalue weighted by atomic mass is 19.4. The number of hydrogen-bond donors (Lipinski definition) is 2. The molecule has 0 unspecified atom stereocenters. The molecule has 0 atom stereocenters. The van der Waals surface area contributed by atoms with Crippen molar-refractivity contribution in [1.82, 2.24) is 9.97 Å². The van der Waals surface area contributed by atoms with Crippen LogP contribution in [0.1, 0.15) is 36.1 Å². The molecule has 7 nitrogen and oxygen atoms in total. The van der Waals surface area contributed by atoms with Gasteiger partial charge in [-0.2, -0.15) is 13.2 Å². The smallest absolute Gasteiger partial charge is 0.416 e. The van der Waals surface area contributed by atoms with E-state index in [2.05, 4.69) is 20.6 Å². The highest BCUT2D eigenvalue weighted by Crippen LogP contribution is 2.32. The summed E-state index contributed by atoms with van der Waals surface area (Å²) in [6.45, 7) is 1.80. The van der Waals surface area contributed by atoms with Crippen LogP contribution in [0, 0.1) is 12.8 Å². The van der Waals surface area contributed by atoms with Crippen molar-refractivity contribution in [3.05, 3.63) is 71.7 Å². The maximum atomic E-state index is 12.9. The van der Waals surface area contributed by atoms with Crippen LogP contribution in [0.2, 0.25) is 0 Å². The average Bonchev–Trinajstić information content (AvgIpc) is 3.62. The van der Waals surface area contributed by atoms with Crippen LogP contribution in [0.25, 0.3) is 0 Å². The van der Waals surface area contributed by atoms with Gasteiger partial charge in [-0.15, -0.1) is 0 Å². The molecule has 0 spiro atoms. The molecule has 2 aromatic carbocycles. The number of halogens is 3.